The molecule has 9 heteroatoms. The van der Waals surface area contributed by atoms with Gasteiger partial charge in [-0.2, -0.15) is 0 Å². The fourth-order valence-electron chi connectivity index (χ4n) is 4.98. The van der Waals surface area contributed by atoms with Gasteiger partial charge in [0.05, 0.1) is 24.3 Å². The number of hydrogen-bond acceptors (Lipinski definition) is 6. The predicted molar refractivity (Wildman–Crippen MR) is 162 cm³/mol. The van der Waals surface area contributed by atoms with Gasteiger partial charge in [0.15, 0.2) is 11.5 Å². The summed E-state index contributed by atoms with van der Waals surface area (Å²) in [6.45, 7) is 7.22. The number of carbonyl (C=O) groups excluding carboxylic acids is 2. The Labute approximate surface area is 244 Å². The molecule has 2 aliphatic heterocycles. The van der Waals surface area contributed by atoms with Crippen molar-refractivity contribution in [3.8, 4) is 11.5 Å². The largest absolute Gasteiger partial charge is 0.493 e. The van der Waals surface area contributed by atoms with Crippen LogP contribution in [-0.4, -0.2) is 63.7 Å². The van der Waals surface area contributed by atoms with Crippen LogP contribution in [0.4, 0.5) is 11.4 Å². The number of rotatable bonds is 6. The first-order chi connectivity index (χ1) is 19.3. The molecule has 0 radical (unpaired) electrons. The van der Waals surface area contributed by atoms with Crippen molar-refractivity contribution < 1.29 is 19.1 Å². The van der Waals surface area contributed by atoms with Crippen molar-refractivity contribution in [2.75, 3.05) is 56.7 Å². The number of hydrogen-bond donors (Lipinski definition) is 0. The van der Waals surface area contributed by atoms with Crippen LogP contribution in [0.3, 0.4) is 0 Å². The highest BCUT2D eigenvalue weighted by molar-refractivity contribution is 8.04. The molecule has 1 saturated heterocycles. The number of methoxy groups -OCH3 is 1. The van der Waals surface area contributed by atoms with E-state index in [1.807, 2.05) is 72.5 Å². The Morgan fingerprint density at radius 1 is 1.00 bits per heavy atom. The summed E-state index contributed by atoms with van der Waals surface area (Å²) in [5, 5.41) is 0.710. The quantitative estimate of drug-likeness (QED) is 0.329. The van der Waals surface area contributed by atoms with Gasteiger partial charge in [-0.25, -0.2) is 0 Å². The molecule has 2 aliphatic rings. The number of benzene rings is 3. The minimum atomic E-state index is -0.125. The highest BCUT2D eigenvalue weighted by atomic mass is 35.5. The maximum Gasteiger partial charge on any atom is 0.264 e. The number of carbonyl (C=O) groups is 2. The summed E-state index contributed by atoms with van der Waals surface area (Å²) in [5.41, 5.74) is 4.43. The Hall–Kier alpha value is -3.62. The van der Waals surface area contributed by atoms with Crippen LogP contribution in [0.15, 0.2) is 64.4 Å². The number of fused-ring (bicyclic) bond motifs is 1. The molecule has 3 aromatic rings. The Balaban J connectivity index is 1.31. The van der Waals surface area contributed by atoms with Gasteiger partial charge in [-0.3, -0.25) is 9.59 Å². The molecule has 0 bridgehead atoms. The number of piperazine rings is 1. The molecule has 0 spiro atoms. The van der Waals surface area contributed by atoms with E-state index in [1.54, 1.807) is 19.1 Å². The van der Waals surface area contributed by atoms with E-state index < -0.39 is 0 Å². The number of nitrogens with zero attached hydrogens (tertiary/aromatic N) is 3. The van der Waals surface area contributed by atoms with Gasteiger partial charge in [-0.15, -0.1) is 0 Å². The molecule has 2 amide bonds. The molecule has 7 nitrogen and oxygen atoms in total. The zero-order chi connectivity index (χ0) is 28.4. The summed E-state index contributed by atoms with van der Waals surface area (Å²) >= 11 is 7.62. The van der Waals surface area contributed by atoms with Gasteiger partial charge in [0.25, 0.3) is 11.8 Å². The SMILES string of the molecule is CCOc1ccc(C=C2Sc3ccc(C(=O)N4CCN(c5cc(Cl)ccc5C)CC4)cc3N(C)C2=O)cc1OC. The zero-order valence-corrected chi connectivity index (χ0v) is 24.6. The molecule has 0 aliphatic carbocycles. The van der Waals surface area contributed by atoms with Crippen molar-refractivity contribution >= 4 is 52.6 Å². The van der Waals surface area contributed by atoms with Crippen molar-refractivity contribution in [1.29, 1.82) is 0 Å². The second-order valence-corrected chi connectivity index (χ2v) is 11.2. The minimum Gasteiger partial charge on any atom is -0.493 e. The molecule has 1 fully saturated rings. The summed E-state index contributed by atoms with van der Waals surface area (Å²) in [5.74, 6) is 1.12. The molecule has 208 valence electrons. The van der Waals surface area contributed by atoms with Crippen LogP contribution in [0.1, 0.15) is 28.4 Å². The normalized spacial score (nSPS) is 16.3. The number of anilines is 2. The molecule has 5 rings (SSSR count). The molecule has 3 aromatic carbocycles. The monoisotopic (exact) mass is 577 g/mol. The van der Waals surface area contributed by atoms with Crippen molar-refractivity contribution in [2.24, 2.45) is 0 Å². The highest BCUT2D eigenvalue weighted by Gasteiger charge is 2.29. The lowest BCUT2D eigenvalue weighted by Crippen LogP contribution is -2.49. The number of ether oxygens (including phenoxy) is 2. The van der Waals surface area contributed by atoms with Gasteiger partial charge in [-0.1, -0.05) is 35.5 Å². The van der Waals surface area contributed by atoms with E-state index in [-0.39, 0.29) is 11.8 Å². The molecule has 0 aromatic heterocycles. The van der Waals surface area contributed by atoms with Gasteiger partial charge in [-0.05, 0) is 73.5 Å². The van der Waals surface area contributed by atoms with Crippen LogP contribution in [0, 0.1) is 6.92 Å². The van der Waals surface area contributed by atoms with Crippen molar-refractivity contribution in [3.63, 3.8) is 0 Å². The van der Waals surface area contributed by atoms with Crippen molar-refractivity contribution in [1.82, 2.24) is 4.90 Å². The van der Waals surface area contributed by atoms with Gasteiger partial charge < -0.3 is 24.2 Å². The fraction of sp³-hybridized carbons (Fsp3) is 0.290. The first-order valence-corrected chi connectivity index (χ1v) is 14.4. The van der Waals surface area contributed by atoms with E-state index in [4.69, 9.17) is 21.1 Å². The molecular weight excluding hydrogens is 546 g/mol. The van der Waals surface area contributed by atoms with E-state index in [1.165, 1.54) is 17.3 Å². The lowest BCUT2D eigenvalue weighted by Gasteiger charge is -2.37. The van der Waals surface area contributed by atoms with Crippen LogP contribution in [0.25, 0.3) is 6.08 Å². The lowest BCUT2D eigenvalue weighted by molar-refractivity contribution is -0.114. The number of thioether (sulfide) groups is 1. The fourth-order valence-corrected chi connectivity index (χ4v) is 6.24. The van der Waals surface area contributed by atoms with E-state index in [0.29, 0.717) is 46.7 Å². The number of aryl methyl sites for hydroxylation is 1. The van der Waals surface area contributed by atoms with E-state index in [9.17, 15) is 9.59 Å². The summed E-state index contributed by atoms with van der Waals surface area (Å²) in [4.78, 5) is 34.0. The third-order valence-corrected chi connectivity index (χ3v) is 8.48. The van der Waals surface area contributed by atoms with Crippen LogP contribution in [0.2, 0.25) is 5.02 Å². The summed E-state index contributed by atoms with van der Waals surface area (Å²) in [6.07, 6.45) is 1.85. The standard InChI is InChI=1S/C31H32ClN3O4S/c1-5-39-26-10-7-21(16-27(26)38-4)17-29-31(37)33(3)25-18-22(8-11-28(25)40-29)30(36)35-14-12-34(13-15-35)24-19-23(32)9-6-20(24)2/h6-11,16-19H,5,12-15H2,1-4H3. The van der Waals surface area contributed by atoms with E-state index >= 15 is 0 Å². The smallest absolute Gasteiger partial charge is 0.264 e. The average Bonchev–Trinajstić information content (AvgIpc) is 2.97. The number of halogens is 1. The zero-order valence-electron chi connectivity index (χ0n) is 23.1. The lowest BCUT2D eigenvalue weighted by atomic mass is 10.1. The summed E-state index contributed by atoms with van der Waals surface area (Å²) < 4.78 is 11.1. The molecule has 2 heterocycles. The van der Waals surface area contributed by atoms with Crippen LogP contribution in [0.5, 0.6) is 11.5 Å². The van der Waals surface area contributed by atoms with Crippen molar-refractivity contribution in [3.05, 3.63) is 81.2 Å². The average molecular weight is 578 g/mol. The van der Waals surface area contributed by atoms with E-state index in [2.05, 4.69) is 11.8 Å². The van der Waals surface area contributed by atoms with E-state index in [0.717, 1.165) is 34.9 Å². The number of amides is 2. The molecule has 0 saturated carbocycles. The van der Waals surface area contributed by atoms with Crippen LogP contribution < -0.4 is 19.3 Å². The molecule has 0 unspecified atom stereocenters. The summed E-state index contributed by atoms with van der Waals surface area (Å²) in [6, 6.07) is 17.1. The second kappa shape index (κ2) is 11.9. The van der Waals surface area contributed by atoms with Crippen molar-refractivity contribution in [2.45, 2.75) is 18.7 Å². The predicted octanol–water partition coefficient (Wildman–Crippen LogP) is 6.13. The Bertz CT molecular complexity index is 1480. The Morgan fingerprint density at radius 2 is 1.77 bits per heavy atom. The maximum atomic E-state index is 13.4. The Kier molecular flexibility index (Phi) is 8.28. The topological polar surface area (TPSA) is 62.3 Å². The third-order valence-electron chi connectivity index (χ3n) is 7.17. The molecule has 0 atom stereocenters. The third kappa shape index (κ3) is 5.64. The minimum absolute atomic E-state index is 0.0288. The highest BCUT2D eigenvalue weighted by Crippen LogP contribution is 2.42. The summed E-state index contributed by atoms with van der Waals surface area (Å²) in [7, 11) is 3.34. The number of likely N-dealkylation sites (N-methyl/N-ethyl adjacent to an activating group) is 1. The molecular formula is C31H32ClN3O4S. The van der Waals surface area contributed by atoms with Crippen LogP contribution in [-0.2, 0) is 4.79 Å². The van der Waals surface area contributed by atoms with Gasteiger partial charge in [0, 0.05) is 54.4 Å². The van der Waals surface area contributed by atoms with Gasteiger partial charge >= 0.3 is 0 Å². The first kappa shape index (κ1) is 27.9. The molecule has 40 heavy (non-hydrogen) atoms. The van der Waals surface area contributed by atoms with Gasteiger partial charge in [0.1, 0.15) is 0 Å². The second-order valence-electron chi connectivity index (χ2n) is 9.71. The maximum absolute atomic E-state index is 13.4. The van der Waals surface area contributed by atoms with Gasteiger partial charge in [0.2, 0.25) is 0 Å². The molecule has 0 N–H and O–H groups in total. The van der Waals surface area contributed by atoms with Crippen LogP contribution >= 0.6 is 23.4 Å². The first-order valence-electron chi connectivity index (χ1n) is 13.2. The Morgan fingerprint density at radius 3 is 2.50 bits per heavy atom.